The van der Waals surface area contributed by atoms with Crippen LogP contribution in [0.1, 0.15) is 47.8 Å². The van der Waals surface area contributed by atoms with E-state index in [1.165, 1.54) is 15.7 Å². The van der Waals surface area contributed by atoms with Gasteiger partial charge in [0.1, 0.15) is 5.02 Å². The van der Waals surface area contributed by atoms with Gasteiger partial charge >= 0.3 is 0 Å². The van der Waals surface area contributed by atoms with E-state index in [1.807, 2.05) is 18.2 Å². The number of carbonyl (C=O) groups excluding carboxylic acids is 2. The number of aryl methyl sites for hydroxylation is 1. The van der Waals surface area contributed by atoms with E-state index in [4.69, 9.17) is 11.6 Å². The number of piperazine rings is 1. The van der Waals surface area contributed by atoms with Crippen LogP contribution in [0.25, 0.3) is 0 Å². The molecule has 9 nitrogen and oxygen atoms in total. The number of anilines is 2. The Bertz CT molecular complexity index is 1570. The Labute approximate surface area is 263 Å². The Balaban J connectivity index is 1.02. The molecule has 44 heavy (non-hydrogen) atoms. The Hall–Kier alpha value is -3.66. The van der Waals surface area contributed by atoms with E-state index >= 15 is 0 Å². The summed E-state index contributed by atoms with van der Waals surface area (Å²) < 4.78 is 1.50. The van der Waals surface area contributed by atoms with Crippen LogP contribution in [-0.2, 0) is 23.2 Å². The summed E-state index contributed by atoms with van der Waals surface area (Å²) in [5.41, 5.74) is 5.28. The summed E-state index contributed by atoms with van der Waals surface area (Å²) >= 11 is 6.35. The molecule has 1 unspecified atom stereocenters. The van der Waals surface area contributed by atoms with Crippen LogP contribution in [0.2, 0.25) is 5.02 Å². The number of piperidine rings is 2. The number of nitrogens with one attached hydrogen (secondary N) is 2. The maximum Gasteiger partial charge on any atom is 0.271 e. The highest BCUT2D eigenvalue weighted by atomic mass is 35.5. The number of nitrogens with zero attached hydrogens (tertiary/aromatic N) is 4. The molecule has 3 atom stereocenters. The Kier molecular flexibility index (Phi) is 9.07. The highest BCUT2D eigenvalue weighted by Crippen LogP contribution is 2.31. The number of carbonyl (C=O) groups is 2. The lowest BCUT2D eigenvalue weighted by Crippen LogP contribution is -2.46. The minimum atomic E-state index is -0.258. The van der Waals surface area contributed by atoms with E-state index in [0.29, 0.717) is 24.4 Å². The fourth-order valence-corrected chi connectivity index (χ4v) is 7.11. The molecule has 3 aromatic rings. The second-order valence-corrected chi connectivity index (χ2v) is 12.9. The van der Waals surface area contributed by atoms with Crippen molar-refractivity contribution in [3.8, 4) is 0 Å². The van der Waals surface area contributed by atoms with E-state index in [9.17, 15) is 14.4 Å². The number of hydrogen-bond acceptors (Lipinski definition) is 7. The molecular formula is C34H41ClN6O3. The van der Waals surface area contributed by atoms with Gasteiger partial charge in [0.15, 0.2) is 0 Å². The molecule has 232 valence electrons. The number of likely N-dealkylation sites (tertiary alicyclic amines) is 1. The normalized spacial score (nSPS) is 23.4. The van der Waals surface area contributed by atoms with Gasteiger partial charge in [-0.05, 0) is 60.7 Å². The average Bonchev–Trinajstić information content (AvgIpc) is 3.02. The number of amides is 2. The molecule has 3 saturated heterocycles. The number of aromatic nitrogens is 1. The van der Waals surface area contributed by atoms with Gasteiger partial charge in [-0.25, -0.2) is 0 Å². The molecule has 2 N–H and O–H groups in total. The van der Waals surface area contributed by atoms with Crippen molar-refractivity contribution in [1.29, 1.82) is 0 Å². The lowest BCUT2D eigenvalue weighted by atomic mass is 9.87. The number of rotatable bonds is 7. The molecule has 0 aliphatic carbocycles. The lowest BCUT2D eigenvalue weighted by Gasteiger charge is -2.37. The van der Waals surface area contributed by atoms with E-state index in [2.05, 4.69) is 68.8 Å². The minimum absolute atomic E-state index is 0.180. The van der Waals surface area contributed by atoms with E-state index in [1.54, 1.807) is 13.2 Å². The van der Waals surface area contributed by atoms with Gasteiger partial charge in [0.05, 0.1) is 11.6 Å². The number of pyridine rings is 1. The predicted octanol–water partition coefficient (Wildman–Crippen LogP) is 3.78. The maximum absolute atomic E-state index is 12.4. The number of halogens is 1. The SMILES string of the molecule is CN1C[C@@H](Nc2ccn(C)c(=O)c2Cl)C[C@@H](c2ccc(CN3CCN(c4cccc(C5CCC(=O)NC5=O)c4)CC3)cc2)C1. The predicted molar refractivity (Wildman–Crippen MR) is 174 cm³/mol. The van der Waals surface area contributed by atoms with Gasteiger partial charge in [-0.3, -0.25) is 24.6 Å². The molecular weight excluding hydrogens is 576 g/mol. The van der Waals surface area contributed by atoms with E-state index < -0.39 is 0 Å². The molecule has 6 rings (SSSR count). The second kappa shape index (κ2) is 13.1. The van der Waals surface area contributed by atoms with Gasteiger partial charge in [-0.15, -0.1) is 0 Å². The minimum Gasteiger partial charge on any atom is -0.380 e. The fourth-order valence-electron chi connectivity index (χ4n) is 6.86. The zero-order valence-corrected chi connectivity index (χ0v) is 26.2. The summed E-state index contributed by atoms with van der Waals surface area (Å²) in [5.74, 6) is -0.233. The van der Waals surface area contributed by atoms with Crippen molar-refractivity contribution in [3.05, 3.63) is 92.9 Å². The number of imide groups is 1. The summed E-state index contributed by atoms with van der Waals surface area (Å²) in [7, 11) is 3.85. The molecule has 4 heterocycles. The van der Waals surface area contributed by atoms with Crippen LogP contribution in [0.5, 0.6) is 0 Å². The zero-order valence-electron chi connectivity index (χ0n) is 25.5. The number of likely N-dealkylation sites (N-methyl/N-ethyl adjacent to an activating group) is 1. The van der Waals surface area contributed by atoms with Crippen molar-refractivity contribution in [2.75, 3.05) is 56.5 Å². The summed E-state index contributed by atoms with van der Waals surface area (Å²) in [6, 6.07) is 19.4. The first-order valence-electron chi connectivity index (χ1n) is 15.5. The van der Waals surface area contributed by atoms with Crippen LogP contribution < -0.4 is 21.1 Å². The van der Waals surface area contributed by atoms with Crippen LogP contribution >= 0.6 is 11.6 Å². The van der Waals surface area contributed by atoms with Crippen LogP contribution in [0.15, 0.2) is 65.6 Å². The number of hydrogen-bond donors (Lipinski definition) is 2. The van der Waals surface area contributed by atoms with Crippen molar-refractivity contribution in [2.24, 2.45) is 7.05 Å². The molecule has 2 amide bonds. The summed E-state index contributed by atoms with van der Waals surface area (Å²) in [4.78, 5) is 43.4. The van der Waals surface area contributed by atoms with Crippen molar-refractivity contribution in [3.63, 3.8) is 0 Å². The molecule has 3 fully saturated rings. The Morgan fingerprint density at radius 1 is 0.932 bits per heavy atom. The molecule has 0 bridgehead atoms. The van der Waals surface area contributed by atoms with E-state index in [-0.39, 0.29) is 34.4 Å². The lowest BCUT2D eigenvalue weighted by molar-refractivity contribution is -0.134. The highest BCUT2D eigenvalue weighted by molar-refractivity contribution is 6.33. The molecule has 10 heteroatoms. The Morgan fingerprint density at radius 2 is 1.70 bits per heavy atom. The third kappa shape index (κ3) is 6.85. The second-order valence-electron chi connectivity index (χ2n) is 12.6. The van der Waals surface area contributed by atoms with Crippen molar-refractivity contribution >= 4 is 34.8 Å². The van der Waals surface area contributed by atoms with Crippen LogP contribution in [0.3, 0.4) is 0 Å². The van der Waals surface area contributed by atoms with Gasteiger partial charge in [-0.1, -0.05) is 48.0 Å². The molecule has 3 aliphatic rings. The third-order valence-electron chi connectivity index (χ3n) is 9.31. The van der Waals surface area contributed by atoms with Crippen LogP contribution in [0.4, 0.5) is 11.4 Å². The molecule has 0 radical (unpaired) electrons. The smallest absolute Gasteiger partial charge is 0.271 e. The molecule has 3 aliphatic heterocycles. The monoisotopic (exact) mass is 616 g/mol. The summed E-state index contributed by atoms with van der Waals surface area (Å²) in [6.07, 6.45) is 3.69. The standard InChI is InChI=1S/C34H41ClN6O3/c1-38-21-26(18-27(22-38)36-30-12-13-39(2)34(44)32(30)35)24-8-6-23(7-9-24)20-40-14-16-41(17-15-40)28-5-3-4-25(19-28)29-10-11-31(42)37-33(29)43/h3-9,12-13,19,26-27,29,36H,10-11,14-18,20-22H2,1-2H3,(H,37,42,43)/t26-,27+,29?/m1/s1. The van der Waals surface area contributed by atoms with Crippen LogP contribution in [0, 0.1) is 0 Å². The van der Waals surface area contributed by atoms with Gasteiger partial charge in [0.25, 0.3) is 5.56 Å². The molecule has 2 aromatic carbocycles. The molecule has 0 spiro atoms. The first-order chi connectivity index (χ1) is 21.2. The fraction of sp³-hybridized carbons (Fsp3) is 0.441. The third-order valence-corrected chi connectivity index (χ3v) is 9.67. The molecule has 1 aromatic heterocycles. The first kappa shape index (κ1) is 30.4. The highest BCUT2D eigenvalue weighted by Gasteiger charge is 2.29. The van der Waals surface area contributed by atoms with Crippen LogP contribution in [-0.4, -0.2) is 78.5 Å². The zero-order chi connectivity index (χ0) is 30.8. The first-order valence-corrected chi connectivity index (χ1v) is 15.9. The van der Waals surface area contributed by atoms with Crippen molar-refractivity contribution in [1.82, 2.24) is 19.7 Å². The van der Waals surface area contributed by atoms with Gasteiger partial charge in [0.2, 0.25) is 11.8 Å². The summed E-state index contributed by atoms with van der Waals surface area (Å²) in [6.45, 7) is 6.60. The summed E-state index contributed by atoms with van der Waals surface area (Å²) in [5, 5.41) is 6.24. The largest absolute Gasteiger partial charge is 0.380 e. The van der Waals surface area contributed by atoms with E-state index in [0.717, 1.165) is 63.5 Å². The topological polar surface area (TPSA) is 89.9 Å². The number of benzene rings is 2. The maximum atomic E-state index is 12.4. The molecule has 0 saturated carbocycles. The van der Waals surface area contributed by atoms with Crippen molar-refractivity contribution in [2.45, 2.75) is 43.7 Å². The van der Waals surface area contributed by atoms with Gasteiger partial charge in [-0.2, -0.15) is 0 Å². The quantitative estimate of drug-likeness (QED) is 0.391. The average molecular weight is 617 g/mol. The van der Waals surface area contributed by atoms with Gasteiger partial charge in [0, 0.05) is 77.2 Å². The van der Waals surface area contributed by atoms with Gasteiger partial charge < -0.3 is 19.7 Å². The van der Waals surface area contributed by atoms with Crippen molar-refractivity contribution < 1.29 is 9.59 Å². The Morgan fingerprint density at radius 3 is 2.45 bits per heavy atom.